The van der Waals surface area contributed by atoms with Crippen LogP contribution in [0.3, 0.4) is 0 Å². The third kappa shape index (κ3) is 5.90. The van der Waals surface area contributed by atoms with Gasteiger partial charge in [-0.3, -0.25) is 9.59 Å². The lowest BCUT2D eigenvalue weighted by molar-refractivity contribution is -0.145. The average Bonchev–Trinajstić information content (AvgIpc) is 2.80. The van der Waals surface area contributed by atoms with E-state index in [-0.39, 0.29) is 18.7 Å². The molecule has 0 aliphatic carbocycles. The predicted octanol–water partition coefficient (Wildman–Crippen LogP) is 2.15. The second-order valence-corrected chi connectivity index (χ2v) is 7.06. The number of fused-ring (bicyclic) bond motifs is 1. The van der Waals surface area contributed by atoms with E-state index in [0.717, 1.165) is 16.3 Å². The number of ether oxygens (including phenoxy) is 2. The van der Waals surface area contributed by atoms with E-state index in [1.54, 1.807) is 11.0 Å². The summed E-state index contributed by atoms with van der Waals surface area (Å²) < 4.78 is 10.0. The first-order valence-corrected chi connectivity index (χ1v) is 9.97. The third-order valence-corrected chi connectivity index (χ3v) is 5.01. The van der Waals surface area contributed by atoms with Gasteiger partial charge in [0.25, 0.3) is 0 Å². The van der Waals surface area contributed by atoms with Gasteiger partial charge >= 0.3 is 5.97 Å². The standard InChI is InChI=1S/C23H26N2O5/c1-29-23(28)20(9-11-22(27)25-12-14-30-15-13-25)24-21(26)10-7-17-6-8-18-4-2-3-5-19(18)16-17/h2-8,10,16,20H,9,11-15H2,1H3,(H,24,26)/b10-7+/t20-/m0/s1. The predicted molar refractivity (Wildman–Crippen MR) is 114 cm³/mol. The average molecular weight is 410 g/mol. The fourth-order valence-electron chi connectivity index (χ4n) is 3.33. The van der Waals surface area contributed by atoms with E-state index < -0.39 is 17.9 Å². The van der Waals surface area contributed by atoms with E-state index in [1.807, 2.05) is 42.5 Å². The molecule has 158 valence electrons. The minimum Gasteiger partial charge on any atom is -0.467 e. The van der Waals surface area contributed by atoms with E-state index in [9.17, 15) is 14.4 Å². The number of benzene rings is 2. The minimum atomic E-state index is -0.881. The highest BCUT2D eigenvalue weighted by Crippen LogP contribution is 2.16. The number of nitrogens with one attached hydrogen (secondary N) is 1. The molecular formula is C23H26N2O5. The molecule has 3 rings (SSSR count). The summed E-state index contributed by atoms with van der Waals surface area (Å²) >= 11 is 0. The Morgan fingerprint density at radius 2 is 1.87 bits per heavy atom. The summed E-state index contributed by atoms with van der Waals surface area (Å²) in [5.74, 6) is -1.05. The summed E-state index contributed by atoms with van der Waals surface area (Å²) in [5, 5.41) is 4.84. The van der Waals surface area contributed by atoms with Crippen LogP contribution < -0.4 is 5.32 Å². The van der Waals surface area contributed by atoms with Crippen molar-refractivity contribution in [1.82, 2.24) is 10.2 Å². The molecule has 1 saturated heterocycles. The van der Waals surface area contributed by atoms with Crippen LogP contribution in [0.1, 0.15) is 18.4 Å². The summed E-state index contributed by atoms with van der Waals surface area (Å²) in [6.45, 7) is 2.12. The van der Waals surface area contributed by atoms with Gasteiger partial charge in [0.1, 0.15) is 6.04 Å². The Bertz CT molecular complexity index is 934. The van der Waals surface area contributed by atoms with Crippen molar-refractivity contribution in [2.24, 2.45) is 0 Å². The van der Waals surface area contributed by atoms with Crippen LogP contribution in [0.15, 0.2) is 48.5 Å². The van der Waals surface area contributed by atoms with Gasteiger partial charge in [-0.1, -0.05) is 36.4 Å². The Balaban J connectivity index is 1.57. The topological polar surface area (TPSA) is 84.9 Å². The SMILES string of the molecule is COC(=O)[C@H](CCC(=O)N1CCOCC1)NC(=O)/C=C/c1ccc2ccccc2c1. The molecule has 1 aliphatic rings. The summed E-state index contributed by atoms with van der Waals surface area (Å²) in [4.78, 5) is 38.4. The number of esters is 1. The highest BCUT2D eigenvalue weighted by molar-refractivity contribution is 5.95. The molecule has 0 unspecified atom stereocenters. The highest BCUT2D eigenvalue weighted by atomic mass is 16.5. The van der Waals surface area contributed by atoms with Crippen LogP contribution in [-0.2, 0) is 23.9 Å². The van der Waals surface area contributed by atoms with Gasteiger partial charge in [-0.2, -0.15) is 0 Å². The second-order valence-electron chi connectivity index (χ2n) is 7.06. The van der Waals surface area contributed by atoms with Crippen LogP contribution in [0.4, 0.5) is 0 Å². The van der Waals surface area contributed by atoms with Crippen LogP contribution in [0.25, 0.3) is 16.8 Å². The lowest BCUT2D eigenvalue weighted by Gasteiger charge is -2.27. The third-order valence-electron chi connectivity index (χ3n) is 5.01. The van der Waals surface area contributed by atoms with Crippen molar-refractivity contribution in [1.29, 1.82) is 0 Å². The Morgan fingerprint density at radius 3 is 2.60 bits per heavy atom. The Morgan fingerprint density at radius 1 is 1.13 bits per heavy atom. The molecule has 0 saturated carbocycles. The maximum atomic E-state index is 12.3. The first-order chi connectivity index (χ1) is 14.6. The van der Waals surface area contributed by atoms with Crippen molar-refractivity contribution in [2.75, 3.05) is 33.4 Å². The zero-order valence-corrected chi connectivity index (χ0v) is 17.0. The van der Waals surface area contributed by atoms with Crippen LogP contribution >= 0.6 is 0 Å². The number of morpholine rings is 1. The molecule has 2 aromatic carbocycles. The molecule has 0 aromatic heterocycles. The summed E-state index contributed by atoms with van der Waals surface area (Å²) in [7, 11) is 1.26. The molecule has 1 N–H and O–H groups in total. The molecule has 0 spiro atoms. The maximum absolute atomic E-state index is 12.3. The van der Waals surface area contributed by atoms with Crippen LogP contribution in [-0.4, -0.2) is 62.1 Å². The number of hydrogen-bond donors (Lipinski definition) is 1. The maximum Gasteiger partial charge on any atom is 0.328 e. The van der Waals surface area contributed by atoms with Crippen LogP contribution in [0.5, 0.6) is 0 Å². The molecule has 0 radical (unpaired) electrons. The van der Waals surface area contributed by atoms with E-state index >= 15 is 0 Å². The van der Waals surface area contributed by atoms with Gasteiger partial charge in [0, 0.05) is 25.6 Å². The first-order valence-electron chi connectivity index (χ1n) is 9.97. The number of carbonyl (C=O) groups excluding carboxylic acids is 3. The van der Waals surface area contributed by atoms with Gasteiger partial charge in [-0.25, -0.2) is 4.79 Å². The first kappa shape index (κ1) is 21.5. The summed E-state index contributed by atoms with van der Waals surface area (Å²) in [5.41, 5.74) is 0.876. The molecule has 1 aliphatic heterocycles. The fourth-order valence-corrected chi connectivity index (χ4v) is 3.33. The van der Waals surface area contributed by atoms with E-state index in [0.29, 0.717) is 26.3 Å². The van der Waals surface area contributed by atoms with E-state index in [1.165, 1.54) is 13.2 Å². The number of methoxy groups -OCH3 is 1. The quantitative estimate of drug-likeness (QED) is 0.559. The minimum absolute atomic E-state index is 0.0619. The smallest absolute Gasteiger partial charge is 0.328 e. The number of nitrogens with zero attached hydrogens (tertiary/aromatic N) is 1. The zero-order valence-electron chi connectivity index (χ0n) is 17.0. The Kier molecular flexibility index (Phi) is 7.57. The monoisotopic (exact) mass is 410 g/mol. The van der Waals surface area contributed by atoms with Gasteiger partial charge < -0.3 is 19.7 Å². The summed E-state index contributed by atoms with van der Waals surface area (Å²) in [6.07, 6.45) is 3.39. The van der Waals surface area contributed by atoms with Gasteiger partial charge in [0.05, 0.1) is 20.3 Å². The molecule has 0 bridgehead atoms. The van der Waals surface area contributed by atoms with Crippen molar-refractivity contribution < 1.29 is 23.9 Å². The van der Waals surface area contributed by atoms with E-state index in [4.69, 9.17) is 9.47 Å². The number of hydrogen-bond acceptors (Lipinski definition) is 5. The Hall–Kier alpha value is -3.19. The number of amides is 2. The van der Waals surface area contributed by atoms with Crippen molar-refractivity contribution in [3.05, 3.63) is 54.1 Å². The van der Waals surface area contributed by atoms with Gasteiger partial charge in [0.2, 0.25) is 11.8 Å². The van der Waals surface area contributed by atoms with Crippen molar-refractivity contribution >= 4 is 34.6 Å². The van der Waals surface area contributed by atoms with Crippen molar-refractivity contribution in [2.45, 2.75) is 18.9 Å². The molecule has 1 heterocycles. The van der Waals surface area contributed by atoms with Gasteiger partial charge in [-0.05, 0) is 34.9 Å². The Labute approximate surface area is 175 Å². The van der Waals surface area contributed by atoms with Crippen LogP contribution in [0, 0.1) is 0 Å². The lowest BCUT2D eigenvalue weighted by atomic mass is 10.1. The molecule has 1 atom stereocenters. The largest absolute Gasteiger partial charge is 0.467 e. The number of carbonyl (C=O) groups is 3. The van der Waals surface area contributed by atoms with Crippen molar-refractivity contribution in [3.8, 4) is 0 Å². The molecule has 2 aromatic rings. The fraction of sp³-hybridized carbons (Fsp3) is 0.348. The number of rotatable bonds is 7. The molecule has 2 amide bonds. The highest BCUT2D eigenvalue weighted by Gasteiger charge is 2.24. The lowest BCUT2D eigenvalue weighted by Crippen LogP contribution is -2.44. The molecule has 7 heteroatoms. The zero-order chi connectivity index (χ0) is 21.3. The van der Waals surface area contributed by atoms with E-state index in [2.05, 4.69) is 5.32 Å². The van der Waals surface area contributed by atoms with Crippen LogP contribution in [0.2, 0.25) is 0 Å². The molecule has 1 fully saturated rings. The molecule has 7 nitrogen and oxygen atoms in total. The van der Waals surface area contributed by atoms with Gasteiger partial charge in [0.15, 0.2) is 0 Å². The normalized spacial score (nSPS) is 15.2. The van der Waals surface area contributed by atoms with Crippen molar-refractivity contribution in [3.63, 3.8) is 0 Å². The van der Waals surface area contributed by atoms with Gasteiger partial charge in [-0.15, -0.1) is 0 Å². The molecular weight excluding hydrogens is 384 g/mol. The second kappa shape index (κ2) is 10.5. The molecule has 30 heavy (non-hydrogen) atoms. The summed E-state index contributed by atoms with van der Waals surface area (Å²) in [6, 6.07) is 13.0.